The van der Waals surface area contributed by atoms with Crippen LogP contribution in [-0.2, 0) is 13.1 Å². The van der Waals surface area contributed by atoms with E-state index in [-0.39, 0.29) is 0 Å². The molecular weight excluding hydrogens is 418 g/mol. The van der Waals surface area contributed by atoms with Gasteiger partial charge in [-0.1, -0.05) is 40.2 Å². The molecule has 0 amide bonds. The number of benzene rings is 3. The third-order valence-electron chi connectivity index (χ3n) is 4.59. The fourth-order valence-electron chi connectivity index (χ4n) is 3.12. The summed E-state index contributed by atoms with van der Waals surface area (Å²) in [7, 11) is 0. The molecule has 0 atom stereocenters. The number of nitrogens with zero attached hydrogens (tertiary/aromatic N) is 2. The Morgan fingerprint density at radius 3 is 2.26 bits per heavy atom. The van der Waals surface area contributed by atoms with Crippen molar-refractivity contribution in [3.05, 3.63) is 88.7 Å². The molecule has 1 heterocycles. The van der Waals surface area contributed by atoms with E-state index in [2.05, 4.69) is 104 Å². The maximum absolute atomic E-state index is 4.42. The highest BCUT2D eigenvalue weighted by atomic mass is 79.9. The molecule has 0 aliphatic rings. The van der Waals surface area contributed by atoms with Crippen molar-refractivity contribution in [3.8, 4) is 0 Å². The van der Waals surface area contributed by atoms with Crippen LogP contribution in [0.3, 0.4) is 0 Å². The molecule has 0 fully saturated rings. The fourth-order valence-corrected chi connectivity index (χ4v) is 3.79. The third-order valence-corrected chi connectivity index (χ3v) is 5.86. The van der Waals surface area contributed by atoms with Crippen LogP contribution in [0.2, 0.25) is 0 Å². The van der Waals surface area contributed by atoms with Crippen molar-refractivity contribution < 1.29 is 0 Å². The Bertz CT molecular complexity index is 1030. The standard InChI is InChI=1S/C22H20BrN3S/c1-27-20-9-4-17(5-10-20)14-26(13-16-2-6-18(23)7-3-16)19-8-11-21-22(12-19)25-15-24-21/h2-12,15H,13-14H2,1H3,(H,24,25). The second kappa shape index (κ2) is 8.19. The van der Waals surface area contributed by atoms with Gasteiger partial charge in [0, 0.05) is 28.1 Å². The molecule has 0 unspecified atom stereocenters. The zero-order valence-corrected chi connectivity index (χ0v) is 17.4. The molecule has 4 aromatic rings. The third kappa shape index (κ3) is 4.37. The Kier molecular flexibility index (Phi) is 5.50. The summed E-state index contributed by atoms with van der Waals surface area (Å²) in [6, 6.07) is 23.8. The van der Waals surface area contributed by atoms with E-state index in [9.17, 15) is 0 Å². The molecule has 0 saturated heterocycles. The van der Waals surface area contributed by atoms with Crippen LogP contribution in [0.5, 0.6) is 0 Å². The van der Waals surface area contributed by atoms with Gasteiger partial charge in [-0.25, -0.2) is 4.98 Å². The first-order valence-electron chi connectivity index (χ1n) is 8.77. The number of thioether (sulfide) groups is 1. The van der Waals surface area contributed by atoms with Gasteiger partial charge in [-0.05, 0) is 59.8 Å². The summed E-state index contributed by atoms with van der Waals surface area (Å²) in [6.07, 6.45) is 3.85. The van der Waals surface area contributed by atoms with E-state index in [0.29, 0.717) is 0 Å². The summed E-state index contributed by atoms with van der Waals surface area (Å²) in [5.74, 6) is 0. The van der Waals surface area contributed by atoms with Crippen LogP contribution in [0.25, 0.3) is 11.0 Å². The lowest BCUT2D eigenvalue weighted by Gasteiger charge is -2.25. The number of H-pyrrole nitrogens is 1. The van der Waals surface area contributed by atoms with Crippen molar-refractivity contribution in [3.63, 3.8) is 0 Å². The average molecular weight is 438 g/mol. The number of imidazole rings is 1. The number of aromatic nitrogens is 2. The number of anilines is 1. The Morgan fingerprint density at radius 2 is 1.59 bits per heavy atom. The molecule has 3 aromatic carbocycles. The molecular formula is C22H20BrN3S. The van der Waals surface area contributed by atoms with Crippen LogP contribution >= 0.6 is 27.7 Å². The molecule has 3 nitrogen and oxygen atoms in total. The largest absolute Gasteiger partial charge is 0.363 e. The van der Waals surface area contributed by atoms with Gasteiger partial charge in [0.15, 0.2) is 0 Å². The van der Waals surface area contributed by atoms with E-state index in [1.807, 2.05) is 0 Å². The Labute approximate surface area is 172 Å². The molecule has 0 radical (unpaired) electrons. The average Bonchev–Trinajstić information content (AvgIpc) is 3.17. The van der Waals surface area contributed by atoms with Gasteiger partial charge in [-0.15, -0.1) is 11.8 Å². The summed E-state index contributed by atoms with van der Waals surface area (Å²) in [6.45, 7) is 1.69. The topological polar surface area (TPSA) is 31.9 Å². The van der Waals surface area contributed by atoms with E-state index >= 15 is 0 Å². The first-order chi connectivity index (χ1) is 13.2. The monoisotopic (exact) mass is 437 g/mol. The van der Waals surface area contributed by atoms with Crippen LogP contribution in [0, 0.1) is 0 Å². The summed E-state index contributed by atoms with van der Waals surface area (Å²) < 4.78 is 1.10. The Balaban J connectivity index is 1.65. The minimum atomic E-state index is 0.841. The number of nitrogens with one attached hydrogen (secondary N) is 1. The Morgan fingerprint density at radius 1 is 0.926 bits per heavy atom. The van der Waals surface area contributed by atoms with Crippen LogP contribution in [0.1, 0.15) is 11.1 Å². The molecule has 0 saturated carbocycles. The molecule has 5 heteroatoms. The number of rotatable bonds is 6. The fraction of sp³-hybridized carbons (Fsp3) is 0.136. The maximum atomic E-state index is 4.42. The zero-order chi connectivity index (χ0) is 18.6. The summed E-state index contributed by atoms with van der Waals surface area (Å²) in [5.41, 5.74) is 5.80. The van der Waals surface area contributed by atoms with Gasteiger partial charge in [0.05, 0.1) is 17.4 Å². The first kappa shape index (κ1) is 18.1. The van der Waals surface area contributed by atoms with Gasteiger partial charge in [0.2, 0.25) is 0 Å². The summed E-state index contributed by atoms with van der Waals surface area (Å²) in [4.78, 5) is 11.3. The lowest BCUT2D eigenvalue weighted by atomic mass is 10.1. The minimum Gasteiger partial charge on any atom is -0.363 e. The smallest absolute Gasteiger partial charge is 0.0931 e. The first-order valence-corrected chi connectivity index (χ1v) is 10.8. The normalized spacial score (nSPS) is 11.0. The lowest BCUT2D eigenvalue weighted by Crippen LogP contribution is -2.22. The van der Waals surface area contributed by atoms with Crippen LogP contribution < -0.4 is 4.90 Å². The molecule has 0 aliphatic carbocycles. The van der Waals surface area contributed by atoms with Crippen molar-refractivity contribution in [1.29, 1.82) is 0 Å². The maximum Gasteiger partial charge on any atom is 0.0931 e. The quantitative estimate of drug-likeness (QED) is 0.361. The highest BCUT2D eigenvalue weighted by Crippen LogP contribution is 2.25. The minimum absolute atomic E-state index is 0.841. The van der Waals surface area contributed by atoms with Gasteiger partial charge in [0.1, 0.15) is 0 Å². The van der Waals surface area contributed by atoms with Crippen LogP contribution in [0.4, 0.5) is 5.69 Å². The number of halogens is 1. The summed E-state index contributed by atoms with van der Waals surface area (Å²) in [5, 5.41) is 0. The molecule has 4 rings (SSSR count). The number of hydrogen-bond acceptors (Lipinski definition) is 3. The second-order valence-electron chi connectivity index (χ2n) is 6.43. The number of fused-ring (bicyclic) bond motifs is 1. The van der Waals surface area contributed by atoms with E-state index in [0.717, 1.165) is 28.6 Å². The van der Waals surface area contributed by atoms with Crippen molar-refractivity contribution in [1.82, 2.24) is 9.97 Å². The van der Waals surface area contributed by atoms with Crippen LogP contribution in [-0.4, -0.2) is 16.2 Å². The predicted molar refractivity (Wildman–Crippen MR) is 118 cm³/mol. The molecule has 1 N–H and O–H groups in total. The van der Waals surface area contributed by atoms with Crippen molar-refractivity contribution in [2.24, 2.45) is 0 Å². The van der Waals surface area contributed by atoms with Crippen LogP contribution in [0.15, 0.2) is 82.4 Å². The summed E-state index contributed by atoms with van der Waals surface area (Å²) >= 11 is 5.29. The second-order valence-corrected chi connectivity index (χ2v) is 8.23. The van der Waals surface area contributed by atoms with Gasteiger partial charge in [0.25, 0.3) is 0 Å². The van der Waals surface area contributed by atoms with Crippen molar-refractivity contribution in [2.75, 3.05) is 11.2 Å². The van der Waals surface area contributed by atoms with Gasteiger partial charge in [-0.3, -0.25) is 0 Å². The molecule has 0 spiro atoms. The highest BCUT2D eigenvalue weighted by Gasteiger charge is 2.11. The van der Waals surface area contributed by atoms with Crippen molar-refractivity contribution in [2.45, 2.75) is 18.0 Å². The SMILES string of the molecule is CSc1ccc(CN(Cc2ccc(Br)cc2)c2ccc3[nH]cnc3c2)cc1. The predicted octanol–water partition coefficient (Wildman–Crippen LogP) is 6.25. The van der Waals surface area contributed by atoms with Crippen molar-refractivity contribution >= 4 is 44.4 Å². The lowest BCUT2D eigenvalue weighted by molar-refractivity contribution is 0.800. The van der Waals surface area contributed by atoms with Gasteiger partial charge >= 0.3 is 0 Å². The van der Waals surface area contributed by atoms with E-state index in [1.165, 1.54) is 21.7 Å². The zero-order valence-electron chi connectivity index (χ0n) is 15.0. The molecule has 1 aromatic heterocycles. The van der Waals surface area contributed by atoms with E-state index in [4.69, 9.17) is 0 Å². The molecule has 136 valence electrons. The molecule has 0 aliphatic heterocycles. The van der Waals surface area contributed by atoms with Gasteiger partial charge in [-0.2, -0.15) is 0 Å². The molecule has 27 heavy (non-hydrogen) atoms. The highest BCUT2D eigenvalue weighted by molar-refractivity contribution is 9.10. The van der Waals surface area contributed by atoms with E-state index in [1.54, 1.807) is 18.1 Å². The number of hydrogen-bond donors (Lipinski definition) is 1. The van der Waals surface area contributed by atoms with E-state index < -0.39 is 0 Å². The Hall–Kier alpha value is -2.24. The molecule has 0 bridgehead atoms. The number of aromatic amines is 1. The van der Waals surface area contributed by atoms with Gasteiger partial charge < -0.3 is 9.88 Å².